The van der Waals surface area contributed by atoms with Gasteiger partial charge in [0.15, 0.2) is 16.8 Å². The van der Waals surface area contributed by atoms with E-state index in [0.29, 0.717) is 10.7 Å². The van der Waals surface area contributed by atoms with Crippen LogP contribution in [0.4, 0.5) is 0 Å². The molecule has 178 valence electrons. The highest BCUT2D eigenvalue weighted by Crippen LogP contribution is 2.32. The number of hydrogen-bond acceptors (Lipinski definition) is 4. The van der Waals surface area contributed by atoms with Crippen LogP contribution in [-0.4, -0.2) is 36.3 Å². The molecule has 0 fully saturated rings. The Morgan fingerprint density at radius 2 is 1.78 bits per heavy atom. The van der Waals surface area contributed by atoms with E-state index in [1.165, 1.54) is 22.7 Å². The molecule has 6 nitrogen and oxygen atoms in total. The van der Waals surface area contributed by atoms with E-state index in [4.69, 9.17) is 0 Å². The van der Waals surface area contributed by atoms with Crippen molar-refractivity contribution < 1.29 is 4.79 Å². The smallest absolute Gasteiger partial charge is 0.196 e. The van der Waals surface area contributed by atoms with E-state index >= 15 is 0 Å². The molecule has 3 aromatic carbocycles. The molecule has 8 heteroatoms. The number of nitrogens with one attached hydrogen (secondary N) is 2. The first-order chi connectivity index (χ1) is 17.5. The van der Waals surface area contributed by atoms with Crippen molar-refractivity contribution in [2.75, 3.05) is 5.75 Å². The molecule has 0 saturated carbocycles. The summed E-state index contributed by atoms with van der Waals surface area (Å²) in [4.78, 5) is 19.8. The van der Waals surface area contributed by atoms with E-state index in [-0.39, 0.29) is 11.5 Å². The number of ketones is 1. The molecular formula is C28H22BrN5OS. The molecule has 0 amide bonds. The van der Waals surface area contributed by atoms with E-state index < -0.39 is 0 Å². The van der Waals surface area contributed by atoms with Gasteiger partial charge in [0.2, 0.25) is 0 Å². The van der Waals surface area contributed by atoms with Gasteiger partial charge in [-0.15, -0.1) is 10.2 Å². The number of aromatic nitrogens is 5. The first kappa shape index (κ1) is 22.8. The Kier molecular flexibility index (Phi) is 5.78. The predicted molar refractivity (Wildman–Crippen MR) is 149 cm³/mol. The first-order valence-corrected chi connectivity index (χ1v) is 13.3. The Morgan fingerprint density at radius 3 is 2.61 bits per heavy atom. The van der Waals surface area contributed by atoms with Crippen LogP contribution < -0.4 is 0 Å². The molecule has 0 bridgehead atoms. The van der Waals surface area contributed by atoms with Crippen LogP contribution in [0, 0.1) is 13.8 Å². The fraction of sp³-hybridized carbons (Fsp3) is 0.107. The number of H-pyrrole nitrogens is 2. The van der Waals surface area contributed by atoms with Gasteiger partial charge in [0.25, 0.3) is 0 Å². The topological polar surface area (TPSA) is 79.4 Å². The van der Waals surface area contributed by atoms with Crippen LogP contribution >= 0.6 is 27.7 Å². The zero-order valence-electron chi connectivity index (χ0n) is 19.7. The average molecular weight is 556 g/mol. The van der Waals surface area contributed by atoms with Crippen molar-refractivity contribution in [2.45, 2.75) is 19.0 Å². The maximum absolute atomic E-state index is 13.1. The number of thioether (sulfide) groups is 1. The number of nitrogens with zero attached hydrogens (tertiary/aromatic N) is 3. The van der Waals surface area contributed by atoms with Crippen LogP contribution in [0.5, 0.6) is 0 Å². The van der Waals surface area contributed by atoms with Crippen LogP contribution in [0.3, 0.4) is 0 Å². The van der Waals surface area contributed by atoms with Crippen LogP contribution in [0.2, 0.25) is 0 Å². The van der Waals surface area contributed by atoms with E-state index in [1.807, 2.05) is 53.1 Å². The summed E-state index contributed by atoms with van der Waals surface area (Å²) in [7, 11) is 0. The lowest BCUT2D eigenvalue weighted by molar-refractivity contribution is 0.102. The predicted octanol–water partition coefficient (Wildman–Crippen LogP) is 7.25. The van der Waals surface area contributed by atoms with E-state index in [2.05, 4.69) is 68.1 Å². The molecule has 0 saturated heterocycles. The third-order valence-electron chi connectivity index (χ3n) is 6.51. The maximum atomic E-state index is 13.1. The fourth-order valence-electron chi connectivity index (χ4n) is 4.48. The van der Waals surface area contributed by atoms with E-state index in [9.17, 15) is 4.79 Å². The third-order valence-corrected chi connectivity index (χ3v) is 7.96. The van der Waals surface area contributed by atoms with Crippen LogP contribution in [0.1, 0.15) is 21.6 Å². The summed E-state index contributed by atoms with van der Waals surface area (Å²) in [6, 6.07) is 22.2. The number of carbonyl (C=O) groups excluding carboxylic acids is 1. The summed E-state index contributed by atoms with van der Waals surface area (Å²) in [5, 5.41) is 11.9. The highest BCUT2D eigenvalue weighted by molar-refractivity contribution is 9.10. The first-order valence-electron chi connectivity index (χ1n) is 11.5. The van der Waals surface area contributed by atoms with E-state index in [0.717, 1.165) is 43.7 Å². The van der Waals surface area contributed by atoms with Gasteiger partial charge < -0.3 is 9.97 Å². The van der Waals surface area contributed by atoms with Crippen molar-refractivity contribution in [3.05, 3.63) is 94.2 Å². The van der Waals surface area contributed by atoms with Crippen molar-refractivity contribution in [2.24, 2.45) is 0 Å². The lowest BCUT2D eigenvalue weighted by Crippen LogP contribution is -2.04. The number of carbonyl (C=O) groups is 1. The second-order valence-corrected chi connectivity index (χ2v) is 10.6. The van der Waals surface area contributed by atoms with Gasteiger partial charge in [-0.1, -0.05) is 45.9 Å². The molecule has 0 radical (unpaired) electrons. The molecule has 0 aliphatic rings. The van der Waals surface area contributed by atoms with Crippen LogP contribution in [-0.2, 0) is 0 Å². The second kappa shape index (κ2) is 9.11. The minimum Gasteiger partial charge on any atom is -0.360 e. The summed E-state index contributed by atoms with van der Waals surface area (Å²) in [5.41, 5.74) is 7.03. The van der Waals surface area contributed by atoms with Gasteiger partial charge in [0.05, 0.1) is 5.75 Å². The van der Waals surface area contributed by atoms with Gasteiger partial charge in [0.1, 0.15) is 0 Å². The van der Waals surface area contributed by atoms with Crippen molar-refractivity contribution in [3.63, 3.8) is 0 Å². The maximum Gasteiger partial charge on any atom is 0.196 e. The molecule has 36 heavy (non-hydrogen) atoms. The van der Waals surface area contributed by atoms with Crippen LogP contribution in [0.15, 0.2) is 82.6 Å². The molecular weight excluding hydrogens is 534 g/mol. The van der Waals surface area contributed by atoms with Gasteiger partial charge >= 0.3 is 0 Å². The number of halogens is 1. The molecule has 3 aromatic heterocycles. The summed E-state index contributed by atoms with van der Waals surface area (Å²) >= 11 is 4.92. The largest absolute Gasteiger partial charge is 0.360 e. The lowest BCUT2D eigenvalue weighted by Gasteiger charge is -2.11. The molecule has 0 aliphatic heterocycles. The van der Waals surface area contributed by atoms with Gasteiger partial charge in [-0.05, 0) is 67.9 Å². The zero-order valence-corrected chi connectivity index (χ0v) is 22.1. The Labute approximate surface area is 220 Å². The Hall–Kier alpha value is -3.62. The van der Waals surface area contributed by atoms with Gasteiger partial charge in [-0.3, -0.25) is 9.36 Å². The molecule has 6 rings (SSSR count). The summed E-state index contributed by atoms with van der Waals surface area (Å²) in [6.45, 7) is 4.20. The van der Waals surface area contributed by atoms with Crippen molar-refractivity contribution in [1.29, 1.82) is 0 Å². The molecule has 0 unspecified atom stereocenters. The molecule has 6 aromatic rings. The number of aryl methyl sites for hydroxylation is 2. The summed E-state index contributed by atoms with van der Waals surface area (Å²) in [5.74, 6) is 1.04. The average Bonchev–Trinajstić information content (AvgIpc) is 3.59. The minimum absolute atomic E-state index is 0.0456. The second-order valence-electron chi connectivity index (χ2n) is 8.71. The SMILES string of the molecule is Cc1[nH]c2ccc(-c3nnc(SCC(=O)c4c[nH]c5ccccc45)n3-c3ccc(Br)cc3)cc2c1C. The third kappa shape index (κ3) is 3.96. The standard InChI is InChI=1S/C28H22BrN5OS/c1-16-17(2)31-25-12-7-18(13-22(16)25)27-32-33-28(34(27)20-10-8-19(29)9-11-20)36-15-26(35)23-14-30-24-6-4-3-5-21(23)24/h3-14,30-31H,15H2,1-2H3. The molecule has 2 N–H and O–H groups in total. The van der Waals surface area contributed by atoms with E-state index in [1.54, 1.807) is 6.20 Å². The summed E-state index contributed by atoms with van der Waals surface area (Å²) in [6.07, 6.45) is 1.79. The lowest BCUT2D eigenvalue weighted by atomic mass is 10.1. The number of Topliss-reactive ketones (excluding diaryl/α,β-unsaturated/α-hetero) is 1. The summed E-state index contributed by atoms with van der Waals surface area (Å²) < 4.78 is 3.01. The van der Waals surface area contributed by atoms with Crippen molar-refractivity contribution in [3.8, 4) is 17.1 Å². The molecule has 0 spiro atoms. The minimum atomic E-state index is 0.0456. The van der Waals surface area contributed by atoms with Gasteiger partial charge in [-0.2, -0.15) is 0 Å². The monoisotopic (exact) mass is 555 g/mol. The Balaban J connectivity index is 1.39. The highest BCUT2D eigenvalue weighted by Gasteiger charge is 2.20. The molecule has 0 atom stereocenters. The number of benzene rings is 3. The normalized spacial score (nSPS) is 11.5. The number of para-hydroxylation sites is 1. The van der Waals surface area contributed by atoms with Crippen LogP contribution in [0.25, 0.3) is 38.9 Å². The number of fused-ring (bicyclic) bond motifs is 2. The Morgan fingerprint density at radius 1 is 0.972 bits per heavy atom. The van der Waals surface area contributed by atoms with Crippen molar-refractivity contribution >= 4 is 55.3 Å². The fourth-order valence-corrected chi connectivity index (χ4v) is 5.58. The quantitative estimate of drug-likeness (QED) is 0.167. The number of rotatable bonds is 6. The van der Waals surface area contributed by atoms with Crippen molar-refractivity contribution in [1.82, 2.24) is 24.7 Å². The molecule has 0 aliphatic carbocycles. The Bertz CT molecular complexity index is 1750. The van der Waals surface area contributed by atoms with Gasteiger partial charge in [0, 0.05) is 55.0 Å². The number of hydrogen-bond donors (Lipinski definition) is 2. The molecule has 3 heterocycles. The number of aromatic amines is 2. The highest BCUT2D eigenvalue weighted by atomic mass is 79.9. The van der Waals surface area contributed by atoms with Gasteiger partial charge in [-0.25, -0.2) is 0 Å². The zero-order chi connectivity index (χ0) is 24.8.